The zero-order chi connectivity index (χ0) is 36.9. The second-order valence-electron chi connectivity index (χ2n) is 13.7. The number of benzene rings is 2. The summed E-state index contributed by atoms with van der Waals surface area (Å²) in [7, 11) is 6.45. The minimum Gasteiger partial charge on any atom is -0.497 e. The van der Waals surface area contributed by atoms with Gasteiger partial charge >= 0.3 is 12.1 Å². The first-order chi connectivity index (χ1) is 24.4. The Morgan fingerprint density at radius 3 is 2.06 bits per heavy atom. The quantitative estimate of drug-likeness (QED) is 0.159. The highest BCUT2D eigenvalue weighted by Crippen LogP contribution is 2.36. The number of hydrogen-bond donors (Lipinski definition) is 1. The summed E-state index contributed by atoms with van der Waals surface area (Å²) >= 11 is 0. The smallest absolute Gasteiger partial charge is 0.410 e. The lowest BCUT2D eigenvalue weighted by Crippen LogP contribution is -2.53. The average molecular weight is 707 g/mol. The molecule has 3 heterocycles. The molecule has 276 valence electrons. The third kappa shape index (κ3) is 8.67. The van der Waals surface area contributed by atoms with Gasteiger partial charge in [0.2, 0.25) is 0 Å². The molecule has 1 fully saturated rings. The highest BCUT2D eigenvalue weighted by atomic mass is 16.6. The van der Waals surface area contributed by atoms with E-state index >= 15 is 0 Å². The predicted molar refractivity (Wildman–Crippen MR) is 191 cm³/mol. The van der Waals surface area contributed by atoms with Crippen molar-refractivity contribution in [1.29, 1.82) is 0 Å². The summed E-state index contributed by atoms with van der Waals surface area (Å²) < 4.78 is 35.8. The predicted octanol–water partition coefficient (Wildman–Crippen LogP) is 5.83. The second kappa shape index (κ2) is 15.9. The SMILES string of the molecule is CCC[C@H](C)Oc1nc(N(Cc2ccc(OC)cc2OC)Cc2ccc(OC)cc2OC)c2ncc(C(O)C3CN(C(=O)OC(C)(C)C)C3)n2n1. The van der Waals surface area contributed by atoms with E-state index in [1.807, 2.05) is 69.0 Å². The maximum atomic E-state index is 12.6. The Kier molecular flexibility index (Phi) is 11.6. The van der Waals surface area contributed by atoms with Crippen molar-refractivity contribution in [3.05, 3.63) is 59.4 Å². The molecule has 1 amide bonds. The number of imidazole rings is 1. The van der Waals surface area contributed by atoms with Gasteiger partial charge in [-0.2, -0.15) is 4.98 Å². The third-order valence-electron chi connectivity index (χ3n) is 8.67. The van der Waals surface area contributed by atoms with Crippen molar-refractivity contribution in [3.63, 3.8) is 0 Å². The van der Waals surface area contributed by atoms with Crippen LogP contribution in [0.3, 0.4) is 0 Å². The Morgan fingerprint density at radius 1 is 0.961 bits per heavy atom. The van der Waals surface area contributed by atoms with Crippen LogP contribution in [-0.4, -0.2) is 88.9 Å². The van der Waals surface area contributed by atoms with Crippen molar-refractivity contribution in [1.82, 2.24) is 24.5 Å². The molecular formula is C37H50N6O8. The third-order valence-corrected chi connectivity index (χ3v) is 8.67. The van der Waals surface area contributed by atoms with Crippen LogP contribution in [0.1, 0.15) is 70.4 Å². The Bertz CT molecular complexity index is 1740. The fourth-order valence-corrected chi connectivity index (χ4v) is 5.99. The Labute approximate surface area is 299 Å². The number of likely N-dealkylation sites (tertiary alicyclic amines) is 1. The van der Waals surface area contributed by atoms with E-state index in [-0.39, 0.29) is 18.0 Å². The summed E-state index contributed by atoms with van der Waals surface area (Å²) in [6.45, 7) is 10.9. The summed E-state index contributed by atoms with van der Waals surface area (Å²) in [4.78, 5) is 25.9. The molecule has 2 aromatic heterocycles. The normalized spacial score (nSPS) is 14.4. The molecular weight excluding hydrogens is 656 g/mol. The van der Waals surface area contributed by atoms with E-state index in [4.69, 9.17) is 43.5 Å². The Morgan fingerprint density at radius 2 is 1.55 bits per heavy atom. The molecule has 2 aromatic carbocycles. The molecule has 51 heavy (non-hydrogen) atoms. The summed E-state index contributed by atoms with van der Waals surface area (Å²) in [5.41, 5.74) is 2.00. The zero-order valence-electron chi connectivity index (χ0n) is 31.0. The van der Waals surface area contributed by atoms with E-state index in [1.54, 1.807) is 44.1 Å². The molecule has 0 bridgehead atoms. The van der Waals surface area contributed by atoms with Crippen molar-refractivity contribution in [3.8, 4) is 29.0 Å². The van der Waals surface area contributed by atoms with E-state index in [1.165, 1.54) is 0 Å². The standard InChI is InChI=1S/C37H50N6O8/c1-10-11-23(2)50-35-39-34(33-38-18-29(43(33)40-35)32(44)26-21-42(22-26)36(45)51-37(3,4)5)41(19-24-12-14-27(46-6)16-30(24)48-8)20-25-13-15-28(47-7)17-31(25)49-9/h12-18,23,26,32,44H,10-11,19-22H2,1-9H3/t23-,32?/m0/s1. The number of nitrogens with zero attached hydrogens (tertiary/aromatic N) is 6. The van der Waals surface area contributed by atoms with Crippen LogP contribution in [0.5, 0.6) is 29.0 Å². The van der Waals surface area contributed by atoms with Crippen molar-refractivity contribution < 1.29 is 38.3 Å². The number of hydrogen-bond acceptors (Lipinski definition) is 12. The highest BCUT2D eigenvalue weighted by Gasteiger charge is 2.40. The largest absolute Gasteiger partial charge is 0.497 e. The first kappa shape index (κ1) is 37.3. The molecule has 1 N–H and O–H groups in total. The van der Waals surface area contributed by atoms with E-state index in [0.717, 1.165) is 24.0 Å². The summed E-state index contributed by atoms with van der Waals surface area (Å²) in [5, 5.41) is 16.4. The Balaban J connectivity index is 1.59. The van der Waals surface area contributed by atoms with Crippen molar-refractivity contribution in [2.24, 2.45) is 5.92 Å². The lowest BCUT2D eigenvalue weighted by atomic mass is 9.92. The zero-order valence-corrected chi connectivity index (χ0v) is 31.0. The van der Waals surface area contributed by atoms with Gasteiger partial charge in [0.25, 0.3) is 0 Å². The minimum absolute atomic E-state index is 0.141. The highest BCUT2D eigenvalue weighted by molar-refractivity contribution is 5.69. The minimum atomic E-state index is -0.973. The van der Waals surface area contributed by atoms with Gasteiger partial charge < -0.3 is 43.3 Å². The number of rotatable bonds is 15. The van der Waals surface area contributed by atoms with Crippen LogP contribution >= 0.6 is 0 Å². The van der Waals surface area contributed by atoms with Crippen LogP contribution in [0.15, 0.2) is 42.6 Å². The molecule has 14 heteroatoms. The molecule has 0 saturated carbocycles. The fraction of sp³-hybridized carbons (Fsp3) is 0.514. The number of methoxy groups -OCH3 is 4. The van der Waals surface area contributed by atoms with Crippen LogP contribution in [-0.2, 0) is 17.8 Å². The maximum absolute atomic E-state index is 12.6. The first-order valence-corrected chi connectivity index (χ1v) is 17.1. The molecule has 5 rings (SSSR count). The van der Waals surface area contributed by atoms with Gasteiger partial charge in [-0.25, -0.2) is 14.3 Å². The molecule has 0 spiro atoms. The van der Waals surface area contributed by atoms with Gasteiger partial charge in [-0.3, -0.25) is 0 Å². The molecule has 1 unspecified atom stereocenters. The van der Waals surface area contributed by atoms with Crippen LogP contribution in [0, 0.1) is 5.92 Å². The van der Waals surface area contributed by atoms with Gasteiger partial charge in [0.05, 0.1) is 46.4 Å². The van der Waals surface area contributed by atoms with Gasteiger partial charge in [0.1, 0.15) is 34.7 Å². The number of amides is 1. The van der Waals surface area contributed by atoms with Crippen molar-refractivity contribution >= 4 is 17.6 Å². The van der Waals surface area contributed by atoms with Gasteiger partial charge in [-0.05, 0) is 58.4 Å². The van der Waals surface area contributed by atoms with E-state index in [2.05, 4.69) is 6.92 Å². The Hall–Kier alpha value is -4.98. The molecule has 0 radical (unpaired) electrons. The van der Waals surface area contributed by atoms with E-state index in [0.29, 0.717) is 66.3 Å². The first-order valence-electron chi connectivity index (χ1n) is 17.1. The van der Waals surface area contributed by atoms with Crippen LogP contribution < -0.4 is 28.6 Å². The van der Waals surface area contributed by atoms with Crippen LogP contribution in [0.4, 0.5) is 10.6 Å². The number of anilines is 1. The number of fused-ring (bicyclic) bond motifs is 1. The molecule has 14 nitrogen and oxygen atoms in total. The summed E-state index contributed by atoms with van der Waals surface area (Å²) in [6.07, 6.45) is 1.78. The lowest BCUT2D eigenvalue weighted by molar-refractivity contribution is -0.0328. The number of carbonyl (C=O) groups is 1. The number of aliphatic hydroxyl groups is 1. The molecule has 1 aliphatic rings. The van der Waals surface area contributed by atoms with E-state index < -0.39 is 17.8 Å². The molecule has 0 aliphatic carbocycles. The molecule has 2 atom stereocenters. The molecule has 1 aliphatic heterocycles. The monoisotopic (exact) mass is 706 g/mol. The maximum Gasteiger partial charge on any atom is 0.410 e. The van der Waals surface area contributed by atoms with Crippen molar-refractivity contribution in [2.75, 3.05) is 46.4 Å². The number of ether oxygens (including phenoxy) is 6. The fourth-order valence-electron chi connectivity index (χ4n) is 5.99. The number of aliphatic hydroxyl groups excluding tert-OH is 1. The summed E-state index contributed by atoms with van der Waals surface area (Å²) in [5.74, 6) is 2.83. The van der Waals surface area contributed by atoms with Gasteiger partial charge in [-0.1, -0.05) is 13.3 Å². The van der Waals surface area contributed by atoms with Crippen LogP contribution in [0.2, 0.25) is 0 Å². The van der Waals surface area contributed by atoms with E-state index in [9.17, 15) is 9.90 Å². The number of carbonyl (C=O) groups excluding carboxylic acids is 1. The second-order valence-corrected chi connectivity index (χ2v) is 13.7. The van der Waals surface area contributed by atoms with Crippen molar-refractivity contribution in [2.45, 2.75) is 78.4 Å². The lowest BCUT2D eigenvalue weighted by Gasteiger charge is -2.41. The van der Waals surface area contributed by atoms with Crippen LogP contribution in [0.25, 0.3) is 5.65 Å². The molecule has 4 aromatic rings. The molecule has 1 saturated heterocycles. The topological polar surface area (TPSA) is 142 Å². The number of aromatic nitrogens is 4. The average Bonchev–Trinajstić information content (AvgIpc) is 3.50. The van der Waals surface area contributed by atoms with Gasteiger partial charge in [-0.15, -0.1) is 5.10 Å². The van der Waals surface area contributed by atoms with Gasteiger partial charge in [0.15, 0.2) is 11.5 Å². The van der Waals surface area contributed by atoms with Gasteiger partial charge in [0, 0.05) is 55.4 Å². The summed E-state index contributed by atoms with van der Waals surface area (Å²) in [6, 6.07) is 11.5.